The molecule has 0 saturated carbocycles. The van der Waals surface area contributed by atoms with E-state index in [9.17, 15) is 14.4 Å². The quantitative estimate of drug-likeness (QED) is 0.0379. The van der Waals surface area contributed by atoms with Crippen LogP contribution in [-0.2, 0) is 40.9 Å². The number of esters is 3. The number of hydrogen-bond donors (Lipinski definition) is 0. The molecule has 0 amide bonds. The minimum Gasteiger partial charge on any atom is -0.462 e. The highest BCUT2D eigenvalue weighted by molar-refractivity contribution is 6.90. The molecule has 0 atom stereocenters. The van der Waals surface area contributed by atoms with Crippen LogP contribution in [0, 0.1) is 0 Å². The van der Waals surface area contributed by atoms with Crippen molar-refractivity contribution in [2.45, 2.75) is 117 Å². The maximum Gasteiger partial charge on any atom is 0.469 e. The summed E-state index contributed by atoms with van der Waals surface area (Å²) in [6.45, 7) is 33.8. The second-order valence-corrected chi connectivity index (χ2v) is 30.4. The Morgan fingerprint density at radius 3 is 1.19 bits per heavy atom. The van der Waals surface area contributed by atoms with Gasteiger partial charge in [-0.05, 0) is 111 Å². The summed E-state index contributed by atoms with van der Waals surface area (Å²) in [5, 5.41) is 0. The molecule has 0 N–H and O–H groups in total. The Morgan fingerprint density at radius 2 is 0.884 bits per heavy atom. The summed E-state index contributed by atoms with van der Waals surface area (Å²) >= 11 is 0. The van der Waals surface area contributed by atoms with Crippen LogP contribution in [0.5, 0.6) is 0 Å². The Kier molecular flexibility index (Phi) is 17.7. The fraction of sp³-hybridized carbons (Fsp3) is 0.700. The topological polar surface area (TPSA) is 107 Å². The third kappa shape index (κ3) is 18.7. The minimum atomic E-state index is -3.25. The molecule has 0 fully saturated rings. The molecule has 9 nitrogen and oxygen atoms in total. The van der Waals surface area contributed by atoms with Crippen LogP contribution in [0.15, 0.2) is 36.5 Å². The van der Waals surface area contributed by atoms with E-state index in [0.717, 1.165) is 12.8 Å². The average Bonchev–Trinajstić information content (AvgIpc) is 2.82. The van der Waals surface area contributed by atoms with Crippen molar-refractivity contribution in [3.05, 3.63) is 36.5 Å². The molecule has 0 saturated heterocycles. The van der Waals surface area contributed by atoms with E-state index in [-0.39, 0.29) is 25.4 Å². The van der Waals surface area contributed by atoms with Gasteiger partial charge < -0.3 is 26.6 Å². The van der Waals surface area contributed by atoms with Gasteiger partial charge in [0.15, 0.2) is 25.0 Å². The summed E-state index contributed by atoms with van der Waals surface area (Å²) in [6, 6.07) is 0.528. The lowest BCUT2D eigenvalue weighted by molar-refractivity contribution is -0.139. The predicted molar refractivity (Wildman–Crippen MR) is 182 cm³/mol. The molecule has 0 aromatic heterocycles. The number of rotatable bonds is 22. The van der Waals surface area contributed by atoms with E-state index < -0.39 is 51.7 Å². The molecular weight excluding hydrogens is 617 g/mol. The van der Waals surface area contributed by atoms with Gasteiger partial charge in [0, 0.05) is 22.8 Å². The molecule has 0 radical (unpaired) electrons. The standard InChI is InChI=1S/C30H58O9Si4/c1-24(2)28(31)34-20-15-18-27(19-16-21-35-29(32)25(3)4)42(13,14)39-43(37-40(7,8)9,38-41(10,11)12)23-17-22-36-30(33)26(5)6/h27H,1,3,5,15-23H2,2,4,6-14H3. The summed E-state index contributed by atoms with van der Waals surface area (Å²) in [6.07, 6.45) is 3.38. The van der Waals surface area contributed by atoms with Gasteiger partial charge in [-0.1, -0.05) is 19.7 Å². The highest BCUT2D eigenvalue weighted by atomic mass is 28.5. The predicted octanol–water partition coefficient (Wildman–Crippen LogP) is 7.53. The lowest BCUT2D eigenvalue weighted by Gasteiger charge is -2.45. The number of hydrogen-bond acceptors (Lipinski definition) is 9. The molecule has 0 aliphatic rings. The van der Waals surface area contributed by atoms with Crippen LogP contribution in [-0.4, -0.2) is 71.5 Å². The van der Waals surface area contributed by atoms with Crippen molar-refractivity contribution in [2.75, 3.05) is 19.8 Å². The molecule has 248 valence electrons. The van der Waals surface area contributed by atoms with Crippen LogP contribution < -0.4 is 0 Å². The summed E-state index contributed by atoms with van der Waals surface area (Å²) < 4.78 is 37.1. The van der Waals surface area contributed by atoms with Crippen LogP contribution in [0.3, 0.4) is 0 Å². The molecule has 0 rings (SSSR count). The van der Waals surface area contributed by atoms with Gasteiger partial charge in [-0.3, -0.25) is 0 Å². The Labute approximate surface area is 265 Å². The van der Waals surface area contributed by atoms with Gasteiger partial charge in [-0.25, -0.2) is 14.4 Å². The van der Waals surface area contributed by atoms with E-state index in [1.54, 1.807) is 20.8 Å². The lowest BCUT2D eigenvalue weighted by Crippen LogP contribution is -2.61. The first-order chi connectivity index (χ1) is 19.5. The van der Waals surface area contributed by atoms with Crippen molar-refractivity contribution in [1.82, 2.24) is 0 Å². The van der Waals surface area contributed by atoms with Crippen LogP contribution in [0.2, 0.25) is 64.0 Å². The van der Waals surface area contributed by atoms with Gasteiger partial charge in [0.05, 0.1) is 19.8 Å². The third-order valence-electron chi connectivity index (χ3n) is 6.09. The van der Waals surface area contributed by atoms with E-state index in [1.165, 1.54) is 0 Å². The van der Waals surface area contributed by atoms with Crippen LogP contribution in [0.4, 0.5) is 0 Å². The average molecular weight is 675 g/mol. The number of ether oxygens (including phenoxy) is 3. The van der Waals surface area contributed by atoms with E-state index in [0.29, 0.717) is 42.0 Å². The molecule has 0 aliphatic heterocycles. The summed E-state index contributed by atoms with van der Waals surface area (Å²) in [5.41, 5.74) is 1.23. The van der Waals surface area contributed by atoms with Gasteiger partial charge in [-0.2, -0.15) is 0 Å². The molecule has 0 heterocycles. The molecule has 0 aromatic carbocycles. The van der Waals surface area contributed by atoms with Gasteiger partial charge in [0.2, 0.25) is 0 Å². The SMILES string of the molecule is C=C(C)C(=O)OCCCC(CCCOC(=O)C(=C)C)[Si](C)(C)O[Si](CCCOC(=O)C(=C)C)(O[Si](C)(C)C)O[Si](C)(C)C. The second-order valence-electron chi connectivity index (χ2n) is 13.7. The van der Waals surface area contributed by atoms with Gasteiger partial charge in [0.25, 0.3) is 0 Å². The lowest BCUT2D eigenvalue weighted by atomic mass is 10.1. The largest absolute Gasteiger partial charge is 0.469 e. The Morgan fingerprint density at radius 1 is 0.558 bits per heavy atom. The highest BCUT2D eigenvalue weighted by Crippen LogP contribution is 2.38. The molecule has 0 unspecified atom stereocenters. The van der Waals surface area contributed by atoms with Crippen molar-refractivity contribution >= 4 is 51.7 Å². The third-order valence-corrected chi connectivity index (χ3v) is 20.3. The fourth-order valence-corrected chi connectivity index (χ4v) is 20.8. The summed E-state index contributed by atoms with van der Waals surface area (Å²) in [7, 11) is -10.1. The summed E-state index contributed by atoms with van der Waals surface area (Å²) in [4.78, 5) is 35.8. The molecule has 13 heteroatoms. The van der Waals surface area contributed by atoms with E-state index in [2.05, 4.69) is 72.1 Å². The van der Waals surface area contributed by atoms with Crippen LogP contribution in [0.1, 0.15) is 52.9 Å². The van der Waals surface area contributed by atoms with Gasteiger partial charge >= 0.3 is 26.7 Å². The van der Waals surface area contributed by atoms with Gasteiger partial charge in [-0.15, -0.1) is 0 Å². The number of carbonyl (C=O) groups is 3. The maximum atomic E-state index is 12.0. The molecule has 43 heavy (non-hydrogen) atoms. The Hall–Kier alpha value is -1.62. The van der Waals surface area contributed by atoms with Crippen LogP contribution >= 0.6 is 0 Å². The van der Waals surface area contributed by atoms with Crippen LogP contribution in [0.25, 0.3) is 0 Å². The monoisotopic (exact) mass is 674 g/mol. The molecule has 0 aromatic rings. The fourth-order valence-electron chi connectivity index (χ4n) is 4.28. The van der Waals surface area contributed by atoms with Crippen molar-refractivity contribution in [3.63, 3.8) is 0 Å². The minimum absolute atomic E-state index is 0.142. The second kappa shape index (κ2) is 18.4. The first-order valence-electron chi connectivity index (χ1n) is 15.1. The van der Waals surface area contributed by atoms with E-state index >= 15 is 0 Å². The highest BCUT2D eigenvalue weighted by Gasteiger charge is 2.52. The zero-order chi connectivity index (χ0) is 33.6. The zero-order valence-corrected chi connectivity index (χ0v) is 32.7. The molecular formula is C30H58O9Si4. The van der Waals surface area contributed by atoms with Crippen molar-refractivity contribution < 1.29 is 40.9 Å². The number of carbonyl (C=O) groups excluding carboxylic acids is 3. The first kappa shape index (κ1) is 41.4. The normalized spacial score (nSPS) is 12.6. The zero-order valence-electron chi connectivity index (χ0n) is 28.7. The van der Waals surface area contributed by atoms with Crippen molar-refractivity contribution in [2.24, 2.45) is 0 Å². The molecule has 0 bridgehead atoms. The van der Waals surface area contributed by atoms with Crippen molar-refractivity contribution in [1.29, 1.82) is 0 Å². The van der Waals surface area contributed by atoms with E-state index in [4.69, 9.17) is 26.6 Å². The summed E-state index contributed by atoms with van der Waals surface area (Å²) in [5.74, 6) is -1.22. The van der Waals surface area contributed by atoms with Gasteiger partial charge in [0.1, 0.15) is 0 Å². The Balaban J connectivity index is 6.13. The molecule has 0 aliphatic carbocycles. The maximum absolute atomic E-state index is 12.0. The van der Waals surface area contributed by atoms with E-state index in [1.807, 2.05) is 0 Å². The molecule has 0 spiro atoms. The Bertz CT molecular complexity index is 931. The smallest absolute Gasteiger partial charge is 0.462 e. The van der Waals surface area contributed by atoms with Crippen molar-refractivity contribution in [3.8, 4) is 0 Å². The first-order valence-corrected chi connectivity index (χ1v) is 26.8.